The van der Waals surface area contributed by atoms with E-state index in [-0.39, 0.29) is 28.0 Å². The van der Waals surface area contributed by atoms with Crippen LogP contribution in [0.3, 0.4) is 0 Å². The predicted octanol–water partition coefficient (Wildman–Crippen LogP) is 1.91. The Morgan fingerprint density at radius 1 is 1.27 bits per heavy atom. The molecule has 1 saturated heterocycles. The molecule has 1 aromatic rings. The van der Waals surface area contributed by atoms with Crippen LogP contribution < -0.4 is 4.72 Å². The quantitative estimate of drug-likeness (QED) is 0.759. The first-order valence-corrected chi connectivity index (χ1v) is 10.2. The summed E-state index contributed by atoms with van der Waals surface area (Å²) >= 11 is 5.89. The van der Waals surface area contributed by atoms with Gasteiger partial charge in [-0.15, -0.1) is 0 Å². The van der Waals surface area contributed by atoms with Gasteiger partial charge < -0.3 is 9.64 Å². The average Bonchev–Trinajstić information content (AvgIpc) is 2.58. The van der Waals surface area contributed by atoms with Crippen molar-refractivity contribution in [1.29, 1.82) is 0 Å². The van der Waals surface area contributed by atoms with Gasteiger partial charge in [-0.05, 0) is 43.5 Å². The summed E-state index contributed by atoms with van der Waals surface area (Å²) in [5.41, 5.74) is 0.0106. The summed E-state index contributed by atoms with van der Waals surface area (Å²) in [5.74, 6) is -0.220. The summed E-state index contributed by atoms with van der Waals surface area (Å²) in [6.45, 7) is 5.08. The smallest absolute Gasteiger partial charge is 0.338 e. The first-order chi connectivity index (χ1) is 12.1. The number of carbonyl (C=O) groups is 2. The van der Waals surface area contributed by atoms with E-state index in [1.165, 1.54) is 19.2 Å². The van der Waals surface area contributed by atoms with Crippen LogP contribution in [0.5, 0.6) is 0 Å². The number of amides is 1. The number of carbonyl (C=O) groups excluding carboxylic acids is 2. The van der Waals surface area contributed by atoms with Crippen molar-refractivity contribution in [1.82, 2.24) is 9.62 Å². The third-order valence-corrected chi connectivity index (χ3v) is 6.17. The molecular formula is C17H23ClN2O5S. The molecule has 0 unspecified atom stereocenters. The lowest BCUT2D eigenvalue weighted by atomic mass is 9.92. The van der Waals surface area contributed by atoms with Crippen molar-refractivity contribution in [2.45, 2.75) is 25.2 Å². The molecule has 0 aliphatic carbocycles. The normalized spacial score (nSPS) is 20.7. The minimum atomic E-state index is -3.81. The van der Waals surface area contributed by atoms with E-state index in [4.69, 9.17) is 16.3 Å². The Balaban J connectivity index is 2.04. The molecule has 144 valence electrons. The number of nitrogens with one attached hydrogen (secondary N) is 1. The molecule has 1 N–H and O–H groups in total. The van der Waals surface area contributed by atoms with Crippen LogP contribution in [-0.2, 0) is 19.6 Å². The maximum absolute atomic E-state index is 12.3. The zero-order valence-electron chi connectivity index (χ0n) is 15.0. The van der Waals surface area contributed by atoms with E-state index in [2.05, 4.69) is 18.6 Å². The molecule has 9 heteroatoms. The molecule has 0 saturated carbocycles. The van der Waals surface area contributed by atoms with Gasteiger partial charge in [0, 0.05) is 13.1 Å². The van der Waals surface area contributed by atoms with Crippen LogP contribution in [0.25, 0.3) is 0 Å². The fourth-order valence-corrected chi connectivity index (χ4v) is 4.36. The van der Waals surface area contributed by atoms with Crippen molar-refractivity contribution in [3.63, 3.8) is 0 Å². The Morgan fingerprint density at radius 2 is 1.88 bits per heavy atom. The number of esters is 1. The minimum Gasteiger partial charge on any atom is -0.452 e. The van der Waals surface area contributed by atoms with Gasteiger partial charge in [0.05, 0.1) is 10.6 Å². The first-order valence-electron chi connectivity index (χ1n) is 8.32. The minimum absolute atomic E-state index is 0.0106. The van der Waals surface area contributed by atoms with E-state index in [1.807, 2.05) is 0 Å². The molecule has 1 aliphatic heterocycles. The second-order valence-corrected chi connectivity index (χ2v) is 8.94. The number of halogens is 1. The van der Waals surface area contributed by atoms with Gasteiger partial charge in [0.1, 0.15) is 4.90 Å². The SMILES string of the molecule is CNS(=O)(=O)c1cc(C(=O)OCC(=O)N2C[C@@H](C)C[C@H](C)C2)ccc1Cl. The number of sulfonamides is 1. The molecule has 2 rings (SSSR count). The van der Waals surface area contributed by atoms with Gasteiger partial charge in [0.2, 0.25) is 10.0 Å². The molecule has 1 aromatic carbocycles. The molecule has 1 fully saturated rings. The van der Waals surface area contributed by atoms with Crippen molar-refractivity contribution in [2.75, 3.05) is 26.7 Å². The second kappa shape index (κ2) is 8.37. The first kappa shape index (κ1) is 20.7. The molecule has 0 aromatic heterocycles. The fourth-order valence-electron chi connectivity index (χ4n) is 3.11. The van der Waals surface area contributed by atoms with Gasteiger partial charge in [-0.25, -0.2) is 17.9 Å². The maximum atomic E-state index is 12.3. The summed E-state index contributed by atoms with van der Waals surface area (Å²) in [5, 5.41) is -0.0109. The number of benzene rings is 1. The highest BCUT2D eigenvalue weighted by Gasteiger charge is 2.26. The van der Waals surface area contributed by atoms with E-state index in [0.717, 1.165) is 12.5 Å². The van der Waals surface area contributed by atoms with Crippen LogP contribution in [0.15, 0.2) is 23.1 Å². The van der Waals surface area contributed by atoms with Gasteiger partial charge in [0.25, 0.3) is 5.91 Å². The van der Waals surface area contributed by atoms with Crippen molar-refractivity contribution < 1.29 is 22.7 Å². The lowest BCUT2D eigenvalue weighted by Gasteiger charge is -2.34. The van der Waals surface area contributed by atoms with Gasteiger partial charge in [0.15, 0.2) is 6.61 Å². The number of rotatable bonds is 5. The third-order valence-electron chi connectivity index (χ3n) is 4.27. The van der Waals surface area contributed by atoms with Gasteiger partial charge >= 0.3 is 5.97 Å². The summed E-state index contributed by atoms with van der Waals surface area (Å²) in [4.78, 5) is 25.9. The Kier molecular flexibility index (Phi) is 6.65. The molecule has 0 bridgehead atoms. The van der Waals surface area contributed by atoms with Crippen LogP contribution in [0, 0.1) is 11.8 Å². The number of piperidine rings is 1. The van der Waals surface area contributed by atoms with Crippen molar-refractivity contribution in [3.8, 4) is 0 Å². The largest absolute Gasteiger partial charge is 0.452 e. The lowest BCUT2D eigenvalue weighted by Crippen LogP contribution is -2.44. The highest BCUT2D eigenvalue weighted by atomic mass is 35.5. The van der Waals surface area contributed by atoms with Gasteiger partial charge in [-0.3, -0.25) is 4.79 Å². The third kappa shape index (κ3) is 4.96. The van der Waals surface area contributed by atoms with Crippen molar-refractivity contribution in [2.24, 2.45) is 11.8 Å². The Bertz CT molecular complexity index is 786. The number of hydrogen-bond donors (Lipinski definition) is 1. The molecule has 7 nitrogen and oxygen atoms in total. The summed E-state index contributed by atoms with van der Waals surface area (Å²) in [7, 11) is -2.56. The molecular weight excluding hydrogens is 380 g/mol. The molecule has 26 heavy (non-hydrogen) atoms. The average molecular weight is 403 g/mol. The summed E-state index contributed by atoms with van der Waals surface area (Å²) < 4.78 is 31.1. The number of hydrogen-bond acceptors (Lipinski definition) is 5. The zero-order valence-corrected chi connectivity index (χ0v) is 16.6. The maximum Gasteiger partial charge on any atom is 0.338 e. The monoisotopic (exact) mass is 402 g/mol. The number of nitrogens with zero attached hydrogens (tertiary/aromatic N) is 1. The molecule has 1 heterocycles. The van der Waals surface area contributed by atoms with Gasteiger partial charge in [-0.2, -0.15) is 0 Å². The molecule has 0 radical (unpaired) electrons. The fraction of sp³-hybridized carbons (Fsp3) is 0.529. The lowest BCUT2D eigenvalue weighted by molar-refractivity contribution is -0.137. The standard InChI is InChI=1S/C17H23ClN2O5S/c1-11-6-12(2)9-20(8-11)16(21)10-25-17(22)13-4-5-14(18)15(7-13)26(23,24)19-3/h4-5,7,11-12,19H,6,8-10H2,1-3H3/t11-,12-/m0/s1. The van der Waals surface area contributed by atoms with Crippen molar-refractivity contribution in [3.05, 3.63) is 28.8 Å². The number of likely N-dealkylation sites (tertiary alicyclic amines) is 1. The van der Waals surface area contributed by atoms with Crippen LogP contribution >= 0.6 is 11.6 Å². The van der Waals surface area contributed by atoms with Crippen molar-refractivity contribution >= 4 is 33.5 Å². The molecule has 2 atom stereocenters. The number of ether oxygens (including phenoxy) is 1. The summed E-state index contributed by atoms with van der Waals surface area (Å²) in [6.07, 6.45) is 1.07. The van der Waals surface area contributed by atoms with E-state index in [1.54, 1.807) is 4.90 Å². The highest BCUT2D eigenvalue weighted by molar-refractivity contribution is 7.89. The Morgan fingerprint density at radius 3 is 2.46 bits per heavy atom. The van der Waals surface area contributed by atoms with Crippen LogP contribution in [0.1, 0.15) is 30.6 Å². The van der Waals surface area contributed by atoms with Gasteiger partial charge in [-0.1, -0.05) is 25.4 Å². The highest BCUT2D eigenvalue weighted by Crippen LogP contribution is 2.23. The Hall–Kier alpha value is -1.64. The topological polar surface area (TPSA) is 92.8 Å². The molecule has 0 spiro atoms. The zero-order chi connectivity index (χ0) is 19.5. The van der Waals surface area contributed by atoms with E-state index in [9.17, 15) is 18.0 Å². The van der Waals surface area contributed by atoms with E-state index >= 15 is 0 Å². The molecule has 1 aliphatic rings. The van der Waals surface area contributed by atoms with E-state index < -0.39 is 16.0 Å². The van der Waals surface area contributed by atoms with E-state index in [0.29, 0.717) is 24.9 Å². The van der Waals surface area contributed by atoms with Crippen LogP contribution in [0.4, 0.5) is 0 Å². The predicted molar refractivity (Wildman–Crippen MR) is 97.5 cm³/mol. The van der Waals surface area contributed by atoms with Crippen LogP contribution in [0.2, 0.25) is 5.02 Å². The Labute approximate surface area is 158 Å². The summed E-state index contributed by atoms with van der Waals surface area (Å²) in [6, 6.07) is 3.79. The molecule has 1 amide bonds. The second-order valence-electron chi connectivity index (χ2n) is 6.67. The van der Waals surface area contributed by atoms with Crippen LogP contribution in [-0.4, -0.2) is 51.9 Å².